The number of nitrogens with zero attached hydrogens (tertiary/aromatic N) is 1. The third-order valence-electron chi connectivity index (χ3n) is 3.66. The van der Waals surface area contributed by atoms with Gasteiger partial charge in [0.15, 0.2) is 0 Å². The maximum atomic E-state index is 6.50. The van der Waals surface area contributed by atoms with Crippen LogP contribution in [0.15, 0.2) is 32.7 Å². The van der Waals surface area contributed by atoms with Gasteiger partial charge in [0, 0.05) is 33.2 Å². The smallest absolute Gasteiger partial charge is 0.0843 e. The van der Waals surface area contributed by atoms with E-state index in [1.54, 1.807) is 11.3 Å². The largest absolute Gasteiger partial charge is 0.323 e. The molecule has 2 aromatic rings. The van der Waals surface area contributed by atoms with Crippen LogP contribution in [0.25, 0.3) is 0 Å². The van der Waals surface area contributed by atoms with Gasteiger partial charge in [0.25, 0.3) is 0 Å². The Morgan fingerprint density at radius 2 is 2.26 bits per heavy atom. The molecule has 0 amide bonds. The van der Waals surface area contributed by atoms with Crippen LogP contribution in [0.1, 0.15) is 40.9 Å². The number of thiophene rings is 1. The zero-order chi connectivity index (χ0) is 13.4. The van der Waals surface area contributed by atoms with E-state index in [2.05, 4.69) is 49.0 Å². The molecule has 2 nitrogen and oxygen atoms in total. The molecule has 0 aliphatic heterocycles. The fourth-order valence-corrected chi connectivity index (χ4v) is 4.88. The van der Waals surface area contributed by atoms with Gasteiger partial charge in [0.2, 0.25) is 0 Å². The van der Waals surface area contributed by atoms with Crippen molar-refractivity contribution < 1.29 is 0 Å². The lowest BCUT2D eigenvalue weighted by Crippen LogP contribution is -2.23. The summed E-state index contributed by atoms with van der Waals surface area (Å²) in [7, 11) is 0. The third-order valence-corrected chi connectivity index (χ3v) is 7.02. The van der Waals surface area contributed by atoms with E-state index >= 15 is 0 Å². The number of aromatic nitrogens is 1. The van der Waals surface area contributed by atoms with Crippen molar-refractivity contribution in [1.82, 2.24) is 4.98 Å². The maximum absolute atomic E-state index is 6.50. The molecule has 2 unspecified atom stereocenters. The molecule has 0 spiro atoms. The first-order valence-corrected chi connectivity index (χ1v) is 8.71. The van der Waals surface area contributed by atoms with E-state index in [-0.39, 0.29) is 6.04 Å². The number of aryl methyl sites for hydroxylation is 1. The zero-order valence-electron chi connectivity index (χ0n) is 10.3. The first kappa shape index (κ1) is 13.7. The molecular weight excluding hydrogens is 388 g/mol. The highest BCUT2D eigenvalue weighted by Gasteiger charge is 2.29. The molecule has 19 heavy (non-hydrogen) atoms. The normalized spacial score (nSPS) is 20.1. The Labute approximate surface area is 133 Å². The number of pyridine rings is 1. The van der Waals surface area contributed by atoms with Gasteiger partial charge in [-0.3, -0.25) is 4.98 Å². The quantitative estimate of drug-likeness (QED) is 0.785. The second-order valence-electron chi connectivity index (χ2n) is 4.84. The van der Waals surface area contributed by atoms with E-state index in [0.717, 1.165) is 21.1 Å². The number of nitrogens with two attached hydrogens (primary N) is 1. The average Bonchev–Trinajstić information content (AvgIpc) is 2.77. The van der Waals surface area contributed by atoms with Crippen LogP contribution in [0.4, 0.5) is 0 Å². The number of rotatable bonds is 2. The molecule has 5 heteroatoms. The molecule has 0 saturated carbocycles. The van der Waals surface area contributed by atoms with Gasteiger partial charge in [-0.25, -0.2) is 0 Å². The summed E-state index contributed by atoms with van der Waals surface area (Å²) in [6, 6.07) is 6.35. The van der Waals surface area contributed by atoms with E-state index < -0.39 is 0 Å². The van der Waals surface area contributed by atoms with Gasteiger partial charge in [0.05, 0.1) is 3.79 Å². The monoisotopic (exact) mass is 400 g/mol. The molecule has 3 rings (SSSR count). The number of halogens is 2. The summed E-state index contributed by atoms with van der Waals surface area (Å²) >= 11 is 8.78. The summed E-state index contributed by atoms with van der Waals surface area (Å²) in [4.78, 5) is 5.79. The Balaban J connectivity index is 1.95. The molecule has 2 heterocycles. The first-order valence-electron chi connectivity index (χ1n) is 6.31. The number of hydrogen-bond acceptors (Lipinski definition) is 3. The van der Waals surface area contributed by atoms with Gasteiger partial charge < -0.3 is 5.73 Å². The molecule has 0 aromatic carbocycles. The molecule has 2 atom stereocenters. The van der Waals surface area contributed by atoms with Gasteiger partial charge >= 0.3 is 0 Å². The SMILES string of the molecule is NC(c1cc(Br)c(Br)s1)C1CCCc2cccnc21. The van der Waals surface area contributed by atoms with Gasteiger partial charge in [-0.15, -0.1) is 11.3 Å². The predicted octanol–water partition coefficient (Wildman–Crippen LogP) is 4.79. The van der Waals surface area contributed by atoms with Crippen LogP contribution in [0, 0.1) is 0 Å². The van der Waals surface area contributed by atoms with Crippen LogP contribution in [0.2, 0.25) is 0 Å². The Kier molecular flexibility index (Phi) is 4.08. The summed E-state index contributed by atoms with van der Waals surface area (Å²) in [6.45, 7) is 0. The highest BCUT2D eigenvalue weighted by molar-refractivity contribution is 9.13. The summed E-state index contributed by atoms with van der Waals surface area (Å²) < 4.78 is 2.19. The van der Waals surface area contributed by atoms with E-state index in [1.165, 1.54) is 22.6 Å². The second-order valence-corrected chi connectivity index (χ2v) is 8.10. The predicted molar refractivity (Wildman–Crippen MR) is 86.6 cm³/mol. The summed E-state index contributed by atoms with van der Waals surface area (Å²) in [5.41, 5.74) is 9.06. The van der Waals surface area contributed by atoms with Crippen molar-refractivity contribution in [2.45, 2.75) is 31.2 Å². The molecule has 1 aliphatic rings. The lowest BCUT2D eigenvalue weighted by atomic mass is 9.82. The van der Waals surface area contributed by atoms with E-state index in [1.807, 2.05) is 12.3 Å². The first-order chi connectivity index (χ1) is 9.16. The van der Waals surface area contributed by atoms with Crippen molar-refractivity contribution in [2.75, 3.05) is 0 Å². The standard InChI is InChI=1S/C14H14Br2N2S/c15-10-7-11(19-14(10)16)12(17)9-5-1-3-8-4-2-6-18-13(8)9/h2,4,6-7,9,12H,1,3,5,17H2. The Hall–Kier alpha value is -0.230. The van der Waals surface area contributed by atoms with Crippen LogP contribution in [-0.2, 0) is 6.42 Å². The van der Waals surface area contributed by atoms with Crippen LogP contribution >= 0.6 is 43.2 Å². The van der Waals surface area contributed by atoms with Gasteiger partial charge in [-0.2, -0.15) is 0 Å². The Morgan fingerprint density at radius 1 is 1.42 bits per heavy atom. The van der Waals surface area contributed by atoms with Crippen molar-refractivity contribution in [3.05, 3.63) is 48.8 Å². The van der Waals surface area contributed by atoms with E-state index in [9.17, 15) is 0 Å². The third kappa shape index (κ3) is 2.66. The minimum absolute atomic E-state index is 0.0292. The molecular formula is C14H14Br2N2S. The van der Waals surface area contributed by atoms with Gasteiger partial charge in [0.1, 0.15) is 0 Å². The number of hydrogen-bond donors (Lipinski definition) is 1. The van der Waals surface area contributed by atoms with Gasteiger partial charge in [-0.1, -0.05) is 6.07 Å². The molecule has 1 aliphatic carbocycles. The molecule has 0 fully saturated rings. The highest BCUT2D eigenvalue weighted by Crippen LogP contribution is 2.42. The van der Waals surface area contributed by atoms with E-state index in [0.29, 0.717) is 5.92 Å². The topological polar surface area (TPSA) is 38.9 Å². The van der Waals surface area contributed by atoms with Crippen LogP contribution < -0.4 is 5.73 Å². The molecule has 0 saturated heterocycles. The lowest BCUT2D eigenvalue weighted by molar-refractivity contribution is 0.467. The van der Waals surface area contributed by atoms with Crippen LogP contribution in [-0.4, -0.2) is 4.98 Å². The molecule has 0 bridgehead atoms. The Bertz CT molecular complexity index is 577. The van der Waals surface area contributed by atoms with Crippen molar-refractivity contribution in [3.8, 4) is 0 Å². The molecule has 2 aromatic heterocycles. The molecule has 2 N–H and O–H groups in total. The van der Waals surface area contributed by atoms with Gasteiger partial charge in [-0.05, 0) is 68.8 Å². The zero-order valence-corrected chi connectivity index (χ0v) is 14.3. The summed E-state index contributed by atoms with van der Waals surface area (Å²) in [5, 5.41) is 0. The fourth-order valence-electron chi connectivity index (χ4n) is 2.72. The van der Waals surface area contributed by atoms with Crippen molar-refractivity contribution in [3.63, 3.8) is 0 Å². The average molecular weight is 402 g/mol. The van der Waals surface area contributed by atoms with Crippen LogP contribution in [0.5, 0.6) is 0 Å². The minimum Gasteiger partial charge on any atom is -0.323 e. The van der Waals surface area contributed by atoms with Crippen molar-refractivity contribution in [1.29, 1.82) is 0 Å². The van der Waals surface area contributed by atoms with Crippen molar-refractivity contribution >= 4 is 43.2 Å². The molecule has 0 radical (unpaired) electrons. The lowest BCUT2D eigenvalue weighted by Gasteiger charge is -2.28. The second kappa shape index (κ2) is 5.64. The highest BCUT2D eigenvalue weighted by atomic mass is 79.9. The van der Waals surface area contributed by atoms with E-state index in [4.69, 9.17) is 5.73 Å². The Morgan fingerprint density at radius 3 is 3.00 bits per heavy atom. The maximum Gasteiger partial charge on any atom is 0.0843 e. The minimum atomic E-state index is 0.0292. The fraction of sp³-hybridized carbons (Fsp3) is 0.357. The van der Waals surface area contributed by atoms with Crippen molar-refractivity contribution in [2.24, 2.45) is 5.73 Å². The summed E-state index contributed by atoms with van der Waals surface area (Å²) in [5.74, 6) is 0.336. The summed E-state index contributed by atoms with van der Waals surface area (Å²) in [6.07, 6.45) is 5.33. The van der Waals surface area contributed by atoms with Crippen LogP contribution in [0.3, 0.4) is 0 Å². The molecule has 100 valence electrons. The number of fused-ring (bicyclic) bond motifs is 1.